The average Bonchev–Trinajstić information content (AvgIpc) is 2.41. The second kappa shape index (κ2) is 5.35. The van der Waals surface area contributed by atoms with E-state index in [-0.39, 0.29) is 0 Å². The fraction of sp³-hybridized carbons (Fsp3) is 0.600. The first-order valence-electron chi connectivity index (χ1n) is 6.37. The third-order valence-corrected chi connectivity index (χ3v) is 4.41. The van der Waals surface area contributed by atoms with Gasteiger partial charge in [-0.1, -0.05) is 58.1 Å². The molecule has 0 heterocycles. The molecule has 0 bridgehead atoms. The molecule has 2 atom stereocenters. The first-order chi connectivity index (χ1) is 7.65. The topological polar surface area (TPSA) is 0 Å². The van der Waals surface area contributed by atoms with E-state index in [0.29, 0.717) is 0 Å². The Balaban J connectivity index is 2.21. The first-order valence-corrected chi connectivity index (χ1v) is 7.29. The van der Waals surface area contributed by atoms with Gasteiger partial charge in [-0.05, 0) is 44.6 Å². The number of alkyl halides is 1. The van der Waals surface area contributed by atoms with E-state index in [9.17, 15) is 0 Å². The molecular formula is C15H21Br. The molecule has 2 unspecified atom stereocenters. The minimum absolute atomic E-state index is 0.723. The SMILES string of the molecule is Cc1cc(C)cc(C2CCCCC(Br)C2)c1. The summed E-state index contributed by atoms with van der Waals surface area (Å²) in [5.41, 5.74) is 4.37. The lowest BCUT2D eigenvalue weighted by atomic mass is 9.90. The Hall–Kier alpha value is -0.300. The number of rotatable bonds is 1. The maximum Gasteiger partial charge on any atom is 0.0151 e. The fourth-order valence-electron chi connectivity index (χ4n) is 2.85. The molecule has 1 heteroatoms. The molecule has 1 fully saturated rings. The number of halogens is 1. The fourth-order valence-corrected chi connectivity index (χ4v) is 3.62. The Morgan fingerprint density at radius 2 is 1.62 bits per heavy atom. The Bertz CT molecular complexity index is 336. The van der Waals surface area contributed by atoms with Crippen LogP contribution in [0.2, 0.25) is 0 Å². The summed E-state index contributed by atoms with van der Waals surface area (Å²) in [6, 6.07) is 7.03. The minimum Gasteiger partial charge on any atom is -0.0890 e. The molecule has 0 amide bonds. The van der Waals surface area contributed by atoms with Crippen molar-refractivity contribution in [2.75, 3.05) is 0 Å². The zero-order valence-corrected chi connectivity index (χ0v) is 11.9. The van der Waals surface area contributed by atoms with Gasteiger partial charge in [-0.2, -0.15) is 0 Å². The highest BCUT2D eigenvalue weighted by Gasteiger charge is 2.19. The van der Waals surface area contributed by atoms with Crippen LogP contribution >= 0.6 is 15.9 Å². The van der Waals surface area contributed by atoms with Gasteiger partial charge in [0.15, 0.2) is 0 Å². The molecule has 1 aromatic carbocycles. The smallest absolute Gasteiger partial charge is 0.0151 e. The molecule has 0 spiro atoms. The Morgan fingerprint density at radius 1 is 1.00 bits per heavy atom. The molecule has 0 aliphatic heterocycles. The molecule has 1 saturated carbocycles. The zero-order chi connectivity index (χ0) is 11.5. The quantitative estimate of drug-likeness (QED) is 0.495. The lowest BCUT2D eigenvalue weighted by Gasteiger charge is -2.18. The third-order valence-electron chi connectivity index (χ3n) is 3.58. The molecule has 0 radical (unpaired) electrons. The van der Waals surface area contributed by atoms with Crippen molar-refractivity contribution in [3.05, 3.63) is 34.9 Å². The summed E-state index contributed by atoms with van der Waals surface area (Å²) >= 11 is 3.81. The van der Waals surface area contributed by atoms with E-state index in [1.165, 1.54) is 43.2 Å². The molecule has 0 nitrogen and oxygen atoms in total. The van der Waals surface area contributed by atoms with Crippen molar-refractivity contribution in [3.63, 3.8) is 0 Å². The van der Waals surface area contributed by atoms with Gasteiger partial charge in [0.05, 0.1) is 0 Å². The van der Waals surface area contributed by atoms with Crippen molar-refractivity contribution >= 4 is 15.9 Å². The van der Waals surface area contributed by atoms with E-state index in [1.807, 2.05) is 0 Å². The van der Waals surface area contributed by atoms with Gasteiger partial charge < -0.3 is 0 Å². The molecule has 1 aliphatic carbocycles. The van der Waals surface area contributed by atoms with Crippen LogP contribution in [0.4, 0.5) is 0 Å². The van der Waals surface area contributed by atoms with E-state index in [4.69, 9.17) is 0 Å². The van der Waals surface area contributed by atoms with Crippen molar-refractivity contribution in [1.82, 2.24) is 0 Å². The molecule has 88 valence electrons. The Morgan fingerprint density at radius 3 is 2.31 bits per heavy atom. The molecule has 0 aromatic heterocycles. The van der Waals surface area contributed by atoms with Crippen molar-refractivity contribution in [2.45, 2.75) is 56.7 Å². The van der Waals surface area contributed by atoms with E-state index in [2.05, 4.69) is 48.0 Å². The largest absolute Gasteiger partial charge is 0.0890 e. The minimum atomic E-state index is 0.723. The summed E-state index contributed by atoms with van der Waals surface area (Å²) < 4.78 is 0. The lowest BCUT2D eigenvalue weighted by molar-refractivity contribution is 0.599. The molecule has 2 rings (SSSR count). The van der Waals surface area contributed by atoms with Gasteiger partial charge in [0, 0.05) is 4.83 Å². The standard InChI is InChI=1S/C15H21Br/c1-11-7-12(2)9-14(8-11)13-5-3-4-6-15(16)10-13/h7-9,13,15H,3-6,10H2,1-2H3. The van der Waals surface area contributed by atoms with Crippen LogP contribution in [0.15, 0.2) is 18.2 Å². The molecule has 0 N–H and O–H groups in total. The Labute approximate surface area is 108 Å². The van der Waals surface area contributed by atoms with Gasteiger partial charge in [0.25, 0.3) is 0 Å². The summed E-state index contributed by atoms with van der Waals surface area (Å²) in [5, 5.41) is 0. The van der Waals surface area contributed by atoms with Gasteiger partial charge in [0.2, 0.25) is 0 Å². The second-order valence-electron chi connectivity index (χ2n) is 5.24. The summed E-state index contributed by atoms with van der Waals surface area (Å²) in [6.45, 7) is 4.41. The van der Waals surface area contributed by atoms with Crippen LogP contribution in [-0.4, -0.2) is 4.83 Å². The van der Waals surface area contributed by atoms with E-state index in [1.54, 1.807) is 5.56 Å². The number of aryl methyl sites for hydroxylation is 2. The lowest BCUT2D eigenvalue weighted by Crippen LogP contribution is -2.04. The van der Waals surface area contributed by atoms with Crippen molar-refractivity contribution in [2.24, 2.45) is 0 Å². The summed E-state index contributed by atoms with van der Waals surface area (Å²) in [7, 11) is 0. The zero-order valence-electron chi connectivity index (χ0n) is 10.3. The monoisotopic (exact) mass is 280 g/mol. The van der Waals surface area contributed by atoms with Crippen molar-refractivity contribution < 1.29 is 0 Å². The molecule has 1 aromatic rings. The van der Waals surface area contributed by atoms with Crippen LogP contribution in [0.5, 0.6) is 0 Å². The van der Waals surface area contributed by atoms with Crippen LogP contribution < -0.4 is 0 Å². The van der Waals surface area contributed by atoms with E-state index < -0.39 is 0 Å². The highest BCUT2D eigenvalue weighted by atomic mass is 79.9. The molecular weight excluding hydrogens is 260 g/mol. The second-order valence-corrected chi connectivity index (χ2v) is 6.53. The average molecular weight is 281 g/mol. The van der Waals surface area contributed by atoms with Crippen LogP contribution in [0.3, 0.4) is 0 Å². The van der Waals surface area contributed by atoms with E-state index >= 15 is 0 Å². The Kier molecular flexibility index (Phi) is 4.07. The van der Waals surface area contributed by atoms with Crippen LogP contribution in [0, 0.1) is 13.8 Å². The van der Waals surface area contributed by atoms with Crippen LogP contribution in [0.1, 0.15) is 54.7 Å². The van der Waals surface area contributed by atoms with Gasteiger partial charge in [-0.15, -0.1) is 0 Å². The molecule has 1 aliphatic rings. The third kappa shape index (κ3) is 3.10. The number of hydrogen-bond donors (Lipinski definition) is 0. The van der Waals surface area contributed by atoms with Gasteiger partial charge in [-0.3, -0.25) is 0 Å². The number of hydrogen-bond acceptors (Lipinski definition) is 0. The normalized spacial score (nSPS) is 26.4. The highest BCUT2D eigenvalue weighted by Crippen LogP contribution is 2.35. The highest BCUT2D eigenvalue weighted by molar-refractivity contribution is 9.09. The maximum atomic E-state index is 3.81. The predicted molar refractivity (Wildman–Crippen MR) is 74.5 cm³/mol. The summed E-state index contributed by atoms with van der Waals surface area (Å²) in [6.07, 6.45) is 6.80. The molecule has 0 saturated heterocycles. The van der Waals surface area contributed by atoms with Gasteiger partial charge >= 0.3 is 0 Å². The predicted octanol–water partition coefficient (Wildman–Crippen LogP) is 5.11. The van der Waals surface area contributed by atoms with E-state index in [0.717, 1.165) is 10.7 Å². The first kappa shape index (κ1) is 12.2. The van der Waals surface area contributed by atoms with Crippen molar-refractivity contribution in [1.29, 1.82) is 0 Å². The maximum absolute atomic E-state index is 3.81. The van der Waals surface area contributed by atoms with Gasteiger partial charge in [-0.25, -0.2) is 0 Å². The van der Waals surface area contributed by atoms with Crippen molar-refractivity contribution in [3.8, 4) is 0 Å². The van der Waals surface area contributed by atoms with Crippen LogP contribution in [-0.2, 0) is 0 Å². The van der Waals surface area contributed by atoms with Gasteiger partial charge in [0.1, 0.15) is 0 Å². The summed E-state index contributed by atoms with van der Waals surface area (Å²) in [4.78, 5) is 0.723. The van der Waals surface area contributed by atoms with Crippen LogP contribution in [0.25, 0.3) is 0 Å². The molecule has 16 heavy (non-hydrogen) atoms. The summed E-state index contributed by atoms with van der Waals surface area (Å²) in [5.74, 6) is 0.769. The number of benzene rings is 1.